The van der Waals surface area contributed by atoms with Gasteiger partial charge in [-0.2, -0.15) is 5.26 Å². The summed E-state index contributed by atoms with van der Waals surface area (Å²) >= 11 is 0. The summed E-state index contributed by atoms with van der Waals surface area (Å²) in [4.78, 5) is 18.1. The van der Waals surface area contributed by atoms with E-state index < -0.39 is 0 Å². The average molecular weight is 256 g/mol. The van der Waals surface area contributed by atoms with Crippen LogP contribution in [0.2, 0.25) is 0 Å². The van der Waals surface area contributed by atoms with Crippen LogP contribution in [0.4, 0.5) is 0 Å². The van der Waals surface area contributed by atoms with Crippen LogP contribution in [-0.4, -0.2) is 34.9 Å². The van der Waals surface area contributed by atoms with E-state index in [9.17, 15) is 4.79 Å². The van der Waals surface area contributed by atoms with Gasteiger partial charge in [-0.1, -0.05) is 6.07 Å². The van der Waals surface area contributed by atoms with Gasteiger partial charge in [-0.3, -0.25) is 9.69 Å². The van der Waals surface area contributed by atoms with Crippen molar-refractivity contribution in [3.05, 3.63) is 29.6 Å². The molecule has 98 valence electrons. The summed E-state index contributed by atoms with van der Waals surface area (Å²) in [5.74, 6) is 0.303. The van der Waals surface area contributed by atoms with Crippen LogP contribution in [-0.2, 0) is 11.3 Å². The molecule has 1 aromatic rings. The third-order valence-corrected chi connectivity index (χ3v) is 4.09. The first kappa shape index (κ1) is 12.1. The van der Waals surface area contributed by atoms with Crippen molar-refractivity contribution in [1.29, 1.82) is 5.26 Å². The number of rotatable bonds is 2. The maximum Gasteiger partial charge on any atom is 0.224 e. The van der Waals surface area contributed by atoms with Crippen LogP contribution in [0.25, 0.3) is 0 Å². The van der Waals surface area contributed by atoms with E-state index in [0.717, 1.165) is 31.5 Å². The van der Waals surface area contributed by atoms with E-state index in [0.29, 0.717) is 12.2 Å². The Hall–Kier alpha value is -1.93. The molecule has 2 saturated heterocycles. The lowest BCUT2D eigenvalue weighted by Gasteiger charge is -2.35. The third kappa shape index (κ3) is 2.20. The second-order valence-corrected chi connectivity index (χ2v) is 5.15. The van der Waals surface area contributed by atoms with E-state index in [-0.39, 0.29) is 17.9 Å². The highest BCUT2D eigenvalue weighted by Crippen LogP contribution is 2.28. The minimum Gasteiger partial charge on any atom is -0.354 e. The van der Waals surface area contributed by atoms with Crippen molar-refractivity contribution in [3.63, 3.8) is 0 Å². The summed E-state index contributed by atoms with van der Waals surface area (Å²) in [7, 11) is 0. The molecule has 2 fully saturated rings. The number of fused-ring (bicyclic) bond motifs is 1. The van der Waals surface area contributed by atoms with Crippen LogP contribution in [0.15, 0.2) is 18.3 Å². The molecule has 3 rings (SSSR count). The van der Waals surface area contributed by atoms with Crippen molar-refractivity contribution in [2.24, 2.45) is 5.92 Å². The van der Waals surface area contributed by atoms with Gasteiger partial charge in [0.15, 0.2) is 0 Å². The lowest BCUT2D eigenvalue weighted by molar-refractivity contribution is -0.124. The van der Waals surface area contributed by atoms with Gasteiger partial charge in [0.2, 0.25) is 5.91 Å². The minimum absolute atomic E-state index is 0.121. The summed E-state index contributed by atoms with van der Waals surface area (Å²) in [6.45, 7) is 2.41. The molecule has 1 aromatic heterocycles. The van der Waals surface area contributed by atoms with Crippen molar-refractivity contribution in [1.82, 2.24) is 15.2 Å². The Labute approximate surface area is 112 Å². The first-order valence-corrected chi connectivity index (χ1v) is 6.65. The Morgan fingerprint density at radius 3 is 3.32 bits per heavy atom. The molecule has 0 bridgehead atoms. The molecular weight excluding hydrogens is 240 g/mol. The predicted molar refractivity (Wildman–Crippen MR) is 68.9 cm³/mol. The normalized spacial score (nSPS) is 26.6. The SMILES string of the molecule is N#Cc1ncccc1CN1CCCC2C(=O)NCC21. The van der Waals surface area contributed by atoms with Gasteiger partial charge in [-0.05, 0) is 25.5 Å². The lowest BCUT2D eigenvalue weighted by Crippen LogP contribution is -2.45. The first-order valence-electron chi connectivity index (χ1n) is 6.65. The van der Waals surface area contributed by atoms with Gasteiger partial charge in [0.25, 0.3) is 0 Å². The average Bonchev–Trinajstić information content (AvgIpc) is 2.82. The quantitative estimate of drug-likeness (QED) is 0.844. The molecule has 2 unspecified atom stereocenters. The Balaban J connectivity index is 1.79. The van der Waals surface area contributed by atoms with E-state index >= 15 is 0 Å². The van der Waals surface area contributed by atoms with Gasteiger partial charge >= 0.3 is 0 Å². The van der Waals surface area contributed by atoms with E-state index in [1.807, 2.05) is 12.1 Å². The summed E-state index contributed by atoms with van der Waals surface area (Å²) < 4.78 is 0. The molecule has 2 aliphatic rings. The van der Waals surface area contributed by atoms with Gasteiger partial charge in [-0.15, -0.1) is 0 Å². The highest BCUT2D eigenvalue weighted by molar-refractivity contribution is 5.82. The number of hydrogen-bond donors (Lipinski definition) is 1. The van der Waals surface area contributed by atoms with Crippen LogP contribution in [0.3, 0.4) is 0 Å². The van der Waals surface area contributed by atoms with Crippen molar-refractivity contribution < 1.29 is 4.79 Å². The smallest absolute Gasteiger partial charge is 0.224 e. The van der Waals surface area contributed by atoms with Gasteiger partial charge in [0.1, 0.15) is 11.8 Å². The summed E-state index contributed by atoms with van der Waals surface area (Å²) in [6, 6.07) is 6.21. The van der Waals surface area contributed by atoms with Crippen LogP contribution in [0.5, 0.6) is 0 Å². The fraction of sp³-hybridized carbons (Fsp3) is 0.500. The molecule has 3 heterocycles. The Morgan fingerprint density at radius 1 is 1.58 bits per heavy atom. The monoisotopic (exact) mass is 256 g/mol. The molecule has 1 amide bonds. The fourth-order valence-corrected chi connectivity index (χ4v) is 3.12. The number of nitriles is 1. The first-order chi connectivity index (χ1) is 9.29. The number of nitrogens with zero attached hydrogens (tertiary/aromatic N) is 3. The van der Waals surface area contributed by atoms with Crippen molar-refractivity contribution >= 4 is 5.91 Å². The van der Waals surface area contributed by atoms with Crippen LogP contribution < -0.4 is 5.32 Å². The molecular formula is C14H16N4O. The number of likely N-dealkylation sites (tertiary alicyclic amines) is 1. The molecule has 0 aliphatic carbocycles. The summed E-state index contributed by atoms with van der Waals surface area (Å²) in [5, 5.41) is 12.0. The molecule has 1 N–H and O–H groups in total. The van der Waals surface area contributed by atoms with Gasteiger partial charge in [-0.25, -0.2) is 4.98 Å². The highest BCUT2D eigenvalue weighted by Gasteiger charge is 2.40. The summed E-state index contributed by atoms with van der Waals surface area (Å²) in [6.07, 6.45) is 3.66. The minimum atomic E-state index is 0.121. The second kappa shape index (κ2) is 4.98. The fourth-order valence-electron chi connectivity index (χ4n) is 3.12. The van der Waals surface area contributed by atoms with Gasteiger partial charge in [0.05, 0.1) is 5.92 Å². The van der Waals surface area contributed by atoms with E-state index in [1.165, 1.54) is 0 Å². The number of piperidine rings is 1. The number of pyridine rings is 1. The van der Waals surface area contributed by atoms with Crippen molar-refractivity contribution in [3.8, 4) is 6.07 Å². The number of hydrogen-bond acceptors (Lipinski definition) is 4. The van der Waals surface area contributed by atoms with E-state index in [4.69, 9.17) is 5.26 Å². The number of nitrogens with one attached hydrogen (secondary N) is 1. The molecule has 0 radical (unpaired) electrons. The summed E-state index contributed by atoms with van der Waals surface area (Å²) in [5.41, 5.74) is 1.44. The maximum atomic E-state index is 11.7. The predicted octanol–water partition coefficient (Wildman–Crippen LogP) is 0.664. The van der Waals surface area contributed by atoms with Crippen LogP contribution in [0.1, 0.15) is 24.1 Å². The molecule has 0 saturated carbocycles. The largest absolute Gasteiger partial charge is 0.354 e. The highest BCUT2D eigenvalue weighted by atomic mass is 16.2. The Morgan fingerprint density at radius 2 is 2.47 bits per heavy atom. The lowest BCUT2D eigenvalue weighted by atomic mass is 9.91. The van der Waals surface area contributed by atoms with Crippen molar-refractivity contribution in [2.45, 2.75) is 25.4 Å². The van der Waals surface area contributed by atoms with Gasteiger partial charge < -0.3 is 5.32 Å². The van der Waals surface area contributed by atoms with E-state index in [1.54, 1.807) is 6.20 Å². The van der Waals surface area contributed by atoms with Crippen LogP contribution in [0, 0.1) is 17.2 Å². The zero-order valence-corrected chi connectivity index (χ0v) is 10.7. The third-order valence-electron chi connectivity index (χ3n) is 4.09. The molecule has 2 aliphatic heterocycles. The van der Waals surface area contributed by atoms with Crippen molar-refractivity contribution in [2.75, 3.05) is 13.1 Å². The Bertz CT molecular complexity index is 536. The number of aromatic nitrogens is 1. The number of carbonyl (C=O) groups is 1. The van der Waals surface area contributed by atoms with Crippen LogP contribution >= 0.6 is 0 Å². The van der Waals surface area contributed by atoms with E-state index in [2.05, 4.69) is 21.3 Å². The molecule has 0 spiro atoms. The molecule has 5 heteroatoms. The molecule has 19 heavy (non-hydrogen) atoms. The van der Waals surface area contributed by atoms with Gasteiger partial charge in [0, 0.05) is 30.9 Å². The second-order valence-electron chi connectivity index (χ2n) is 5.15. The zero-order chi connectivity index (χ0) is 13.2. The number of carbonyl (C=O) groups excluding carboxylic acids is 1. The molecule has 5 nitrogen and oxygen atoms in total. The zero-order valence-electron chi connectivity index (χ0n) is 10.7. The molecule has 2 atom stereocenters. The number of amides is 1. The topological polar surface area (TPSA) is 69.0 Å². The maximum absolute atomic E-state index is 11.7. The standard InChI is InChI=1S/C14H16N4O/c15-7-12-10(3-1-5-16-12)9-18-6-2-4-11-13(18)8-17-14(11)19/h1,3,5,11,13H,2,4,6,8-9H2,(H,17,19). The Kier molecular flexibility index (Phi) is 3.18. The molecule has 0 aromatic carbocycles.